The number of carbonyl (C=O) groups is 1. The van der Waals surface area contributed by atoms with E-state index in [1.807, 2.05) is 35.6 Å². The molecular weight excluding hydrogens is 382 g/mol. The van der Waals surface area contributed by atoms with Crippen molar-refractivity contribution < 1.29 is 9.32 Å². The molecule has 30 heavy (non-hydrogen) atoms. The van der Waals surface area contributed by atoms with Gasteiger partial charge < -0.3 is 19.7 Å². The predicted octanol–water partition coefficient (Wildman–Crippen LogP) is 1.32. The first kappa shape index (κ1) is 20.8. The van der Waals surface area contributed by atoms with Crippen LogP contribution in [0.2, 0.25) is 0 Å². The van der Waals surface area contributed by atoms with Gasteiger partial charge in [-0.15, -0.1) is 0 Å². The lowest BCUT2D eigenvalue weighted by Gasteiger charge is -2.43. The van der Waals surface area contributed by atoms with E-state index in [1.165, 1.54) is 0 Å². The van der Waals surface area contributed by atoms with Gasteiger partial charge in [-0.2, -0.15) is 0 Å². The highest BCUT2D eigenvalue weighted by molar-refractivity contribution is 5.81. The second-order valence-electron chi connectivity index (χ2n) is 8.84. The molecule has 1 fully saturated rings. The molecule has 0 unspecified atom stereocenters. The number of carbonyl (C=O) groups excluding carboxylic acids is 1. The lowest BCUT2D eigenvalue weighted by Crippen LogP contribution is -2.52. The van der Waals surface area contributed by atoms with E-state index in [0.29, 0.717) is 38.6 Å². The Kier molecular flexibility index (Phi) is 5.79. The number of nitrogens with two attached hydrogens (primary N) is 1. The van der Waals surface area contributed by atoms with Gasteiger partial charge in [0.25, 0.3) is 5.56 Å². The van der Waals surface area contributed by atoms with Crippen LogP contribution in [0.3, 0.4) is 0 Å². The first-order chi connectivity index (χ1) is 14.4. The van der Waals surface area contributed by atoms with E-state index < -0.39 is 6.04 Å². The molecule has 0 spiro atoms. The predicted molar refractivity (Wildman–Crippen MR) is 113 cm³/mol. The van der Waals surface area contributed by atoms with Gasteiger partial charge in [0.05, 0.1) is 18.3 Å². The lowest BCUT2D eigenvalue weighted by atomic mass is 9.82. The summed E-state index contributed by atoms with van der Waals surface area (Å²) in [5, 5.41) is 4.03. The number of aromatic nitrogens is 2. The minimum Gasteiger partial charge on any atom is -0.360 e. The Labute approximate surface area is 176 Å². The van der Waals surface area contributed by atoms with Gasteiger partial charge in [-0.25, -0.2) is 0 Å². The number of aryl methyl sites for hydroxylation is 1. The molecule has 0 saturated carbocycles. The maximum atomic E-state index is 13.2. The van der Waals surface area contributed by atoms with Crippen molar-refractivity contribution in [3.63, 3.8) is 0 Å². The average molecular weight is 414 g/mol. The van der Waals surface area contributed by atoms with Crippen LogP contribution < -0.4 is 11.3 Å². The fourth-order valence-corrected chi connectivity index (χ4v) is 4.79. The van der Waals surface area contributed by atoms with Crippen LogP contribution in [0.1, 0.15) is 48.9 Å². The van der Waals surface area contributed by atoms with Crippen molar-refractivity contribution in [3.8, 4) is 0 Å². The van der Waals surface area contributed by atoms with E-state index in [4.69, 9.17) is 10.3 Å². The molecule has 4 rings (SSSR count). The summed E-state index contributed by atoms with van der Waals surface area (Å²) in [5.41, 5.74) is 8.63. The first-order valence-electron chi connectivity index (χ1n) is 10.8. The number of nitrogens with zero attached hydrogens (tertiary/aromatic N) is 4. The normalized spacial score (nSPS) is 21.6. The van der Waals surface area contributed by atoms with Crippen LogP contribution in [0.15, 0.2) is 27.5 Å². The molecule has 162 valence electrons. The van der Waals surface area contributed by atoms with Crippen LogP contribution >= 0.6 is 0 Å². The fourth-order valence-electron chi connectivity index (χ4n) is 4.79. The molecule has 2 N–H and O–H groups in total. The Hall–Kier alpha value is -2.45. The molecule has 8 heteroatoms. The standard InChI is InChI=1S/C22H31N5O3/c1-4-18-8-19(30-24-18)13-25(3)11-16-5-6-20-17-7-15(10-27(20)22(16)29)9-26(12-17)21(28)14(2)23/h5-6,8,14-15,17H,4,7,9-13,23H2,1-3H3/t14-,15-,17+/m0/s1. The highest BCUT2D eigenvalue weighted by Gasteiger charge is 2.37. The zero-order valence-corrected chi connectivity index (χ0v) is 18.0. The van der Waals surface area contributed by atoms with Gasteiger partial charge in [-0.3, -0.25) is 14.5 Å². The highest BCUT2D eigenvalue weighted by atomic mass is 16.5. The number of rotatable bonds is 6. The molecule has 2 bridgehead atoms. The molecule has 2 aromatic rings. The van der Waals surface area contributed by atoms with Gasteiger partial charge in [0.1, 0.15) is 0 Å². The van der Waals surface area contributed by atoms with E-state index in [2.05, 4.69) is 16.1 Å². The van der Waals surface area contributed by atoms with Crippen molar-refractivity contribution >= 4 is 5.91 Å². The molecule has 2 aliphatic heterocycles. The number of likely N-dealkylation sites (tertiary alicyclic amines) is 1. The van der Waals surface area contributed by atoms with Gasteiger partial charge in [-0.1, -0.05) is 18.1 Å². The summed E-state index contributed by atoms with van der Waals surface area (Å²) in [4.78, 5) is 29.5. The average Bonchev–Trinajstić information content (AvgIpc) is 3.17. The Bertz CT molecular complexity index is 979. The van der Waals surface area contributed by atoms with Crippen LogP contribution in [0.5, 0.6) is 0 Å². The minimum atomic E-state index is -0.485. The number of piperidine rings is 1. The van der Waals surface area contributed by atoms with Gasteiger partial charge in [-0.05, 0) is 38.8 Å². The topological polar surface area (TPSA) is 97.6 Å². The molecular formula is C22H31N5O3. The van der Waals surface area contributed by atoms with Crippen LogP contribution in [-0.2, 0) is 30.8 Å². The summed E-state index contributed by atoms with van der Waals surface area (Å²) >= 11 is 0. The second kappa shape index (κ2) is 8.35. The monoisotopic (exact) mass is 413 g/mol. The molecule has 1 saturated heterocycles. The van der Waals surface area contributed by atoms with Crippen molar-refractivity contribution in [3.05, 3.63) is 51.3 Å². The molecule has 2 aliphatic rings. The molecule has 4 heterocycles. The molecule has 0 aromatic carbocycles. The van der Waals surface area contributed by atoms with Gasteiger partial charge >= 0.3 is 0 Å². The van der Waals surface area contributed by atoms with Crippen LogP contribution in [0.4, 0.5) is 0 Å². The Morgan fingerprint density at radius 3 is 2.83 bits per heavy atom. The molecule has 0 aliphatic carbocycles. The summed E-state index contributed by atoms with van der Waals surface area (Å²) in [6.45, 7) is 6.90. The van der Waals surface area contributed by atoms with E-state index in [0.717, 1.165) is 35.6 Å². The SMILES string of the molecule is CCc1cc(CN(C)Cc2ccc3n(c2=O)C[C@H]2C[C@@H]3CN(C(=O)[C@H](C)N)C2)on1. The zero-order chi connectivity index (χ0) is 21.4. The first-order valence-corrected chi connectivity index (χ1v) is 10.8. The summed E-state index contributed by atoms with van der Waals surface area (Å²) < 4.78 is 7.29. The van der Waals surface area contributed by atoms with Crippen molar-refractivity contribution in [1.82, 2.24) is 19.5 Å². The van der Waals surface area contributed by atoms with Crippen molar-refractivity contribution in [2.24, 2.45) is 11.7 Å². The zero-order valence-electron chi connectivity index (χ0n) is 18.0. The summed E-state index contributed by atoms with van der Waals surface area (Å²) in [6.07, 6.45) is 1.86. The quantitative estimate of drug-likeness (QED) is 0.767. The van der Waals surface area contributed by atoms with E-state index in [-0.39, 0.29) is 17.4 Å². The number of hydrogen-bond donors (Lipinski definition) is 1. The maximum Gasteiger partial charge on any atom is 0.255 e. The minimum absolute atomic E-state index is 0.00242. The van der Waals surface area contributed by atoms with Crippen molar-refractivity contribution in [2.45, 2.75) is 58.3 Å². The molecule has 2 aromatic heterocycles. The van der Waals surface area contributed by atoms with Gasteiger partial charge in [0, 0.05) is 49.4 Å². The van der Waals surface area contributed by atoms with E-state index in [1.54, 1.807) is 6.92 Å². The van der Waals surface area contributed by atoms with E-state index in [9.17, 15) is 9.59 Å². The summed E-state index contributed by atoms with van der Waals surface area (Å²) in [7, 11) is 1.98. The molecule has 3 atom stereocenters. The fraction of sp³-hybridized carbons (Fsp3) is 0.591. The van der Waals surface area contributed by atoms with Crippen molar-refractivity contribution in [1.29, 1.82) is 0 Å². The summed E-state index contributed by atoms with van der Waals surface area (Å²) in [5.74, 6) is 1.30. The summed E-state index contributed by atoms with van der Waals surface area (Å²) in [6, 6.07) is 5.48. The lowest BCUT2D eigenvalue weighted by molar-refractivity contribution is -0.134. The van der Waals surface area contributed by atoms with Gasteiger partial charge in [0.15, 0.2) is 5.76 Å². The van der Waals surface area contributed by atoms with Crippen LogP contribution in [0, 0.1) is 5.92 Å². The smallest absolute Gasteiger partial charge is 0.255 e. The van der Waals surface area contributed by atoms with E-state index >= 15 is 0 Å². The Morgan fingerprint density at radius 1 is 1.33 bits per heavy atom. The molecule has 0 radical (unpaired) electrons. The third kappa shape index (κ3) is 4.06. The molecule has 8 nitrogen and oxygen atoms in total. The highest BCUT2D eigenvalue weighted by Crippen LogP contribution is 2.35. The Balaban J connectivity index is 1.49. The second-order valence-corrected chi connectivity index (χ2v) is 8.84. The third-order valence-electron chi connectivity index (χ3n) is 6.22. The van der Waals surface area contributed by atoms with Gasteiger partial charge in [0.2, 0.25) is 5.91 Å². The Morgan fingerprint density at radius 2 is 2.13 bits per heavy atom. The van der Waals surface area contributed by atoms with Crippen LogP contribution in [0.25, 0.3) is 0 Å². The number of pyridine rings is 1. The number of hydrogen-bond acceptors (Lipinski definition) is 6. The third-order valence-corrected chi connectivity index (χ3v) is 6.22. The number of amides is 1. The number of fused-ring (bicyclic) bond motifs is 4. The molecule has 1 amide bonds. The largest absolute Gasteiger partial charge is 0.360 e. The van der Waals surface area contributed by atoms with Crippen LogP contribution in [-0.4, -0.2) is 51.6 Å². The van der Waals surface area contributed by atoms with Crippen molar-refractivity contribution in [2.75, 3.05) is 20.1 Å². The maximum absolute atomic E-state index is 13.2.